The van der Waals surface area contributed by atoms with Crippen LogP contribution < -0.4 is 10.2 Å². The van der Waals surface area contributed by atoms with Gasteiger partial charge < -0.3 is 20.1 Å². The maximum absolute atomic E-state index is 12.3. The number of nitrogens with zero attached hydrogens (tertiary/aromatic N) is 3. The number of carbonyl (C=O) groups is 1. The summed E-state index contributed by atoms with van der Waals surface area (Å²) in [5, 5.41) is 14.4. The molecule has 5 rings (SSSR count). The van der Waals surface area contributed by atoms with Crippen molar-refractivity contribution in [3.8, 4) is 17.1 Å². The fraction of sp³-hybridized carbons (Fsp3) is 0.400. The number of aryl methyl sites for hydroxylation is 1. The van der Waals surface area contributed by atoms with Crippen molar-refractivity contribution < 1.29 is 18.9 Å². The average molecular weight is 439 g/mol. The third-order valence-corrected chi connectivity index (χ3v) is 6.35. The van der Waals surface area contributed by atoms with Crippen LogP contribution in [0.1, 0.15) is 29.1 Å². The number of fused-ring (bicyclic) bond motifs is 1. The van der Waals surface area contributed by atoms with Crippen molar-refractivity contribution in [2.24, 2.45) is 5.92 Å². The first kappa shape index (κ1) is 20.7. The Morgan fingerprint density at radius 2 is 2.12 bits per heavy atom. The number of phenols is 1. The summed E-state index contributed by atoms with van der Waals surface area (Å²) in [4.78, 5) is 24.2. The minimum absolute atomic E-state index is 0. The van der Waals surface area contributed by atoms with Crippen LogP contribution in [0.3, 0.4) is 0 Å². The van der Waals surface area contributed by atoms with Gasteiger partial charge in [0.25, 0.3) is 0 Å². The van der Waals surface area contributed by atoms with E-state index in [1.54, 1.807) is 12.1 Å². The first-order chi connectivity index (χ1) is 15.6. The van der Waals surface area contributed by atoms with E-state index in [-0.39, 0.29) is 22.0 Å². The molecule has 2 atom stereocenters. The zero-order valence-corrected chi connectivity index (χ0v) is 18.3. The van der Waals surface area contributed by atoms with Crippen molar-refractivity contribution in [3.05, 3.63) is 48.0 Å². The van der Waals surface area contributed by atoms with Crippen molar-refractivity contribution in [1.29, 1.82) is 0 Å². The van der Waals surface area contributed by atoms with Crippen molar-refractivity contribution in [2.75, 3.05) is 31.1 Å². The Balaban J connectivity index is 0.00000144. The van der Waals surface area contributed by atoms with Crippen LogP contribution in [0.25, 0.3) is 22.3 Å². The van der Waals surface area contributed by atoms with Crippen molar-refractivity contribution in [2.45, 2.75) is 32.3 Å². The van der Waals surface area contributed by atoms with Crippen LogP contribution in [0.2, 0.25) is 0 Å². The first-order valence-electron chi connectivity index (χ1n) is 11.3. The number of aromatic hydroxyl groups is 1. The Hall–Kier alpha value is -3.19. The second kappa shape index (κ2) is 8.74. The van der Waals surface area contributed by atoms with E-state index in [0.717, 1.165) is 54.6 Å². The number of aromatic nitrogens is 2. The van der Waals surface area contributed by atoms with Gasteiger partial charge >= 0.3 is 0 Å². The molecule has 0 radical (unpaired) electrons. The van der Waals surface area contributed by atoms with Crippen LogP contribution in [0.4, 0.5) is 5.82 Å². The summed E-state index contributed by atoms with van der Waals surface area (Å²) >= 11 is 0. The third kappa shape index (κ3) is 4.12. The molecule has 0 spiro atoms. The maximum atomic E-state index is 12.3. The molecule has 0 unspecified atom stereocenters. The SMILES string of the molecule is Cc1ccc2c(N3CC[C@@H](CNC(=O)[C@H]4CCCO4)C3)nc(-c3ccccc3O)nc2c1.[HH].[HH].[HH]. The number of carbonyl (C=O) groups excluding carboxylic acids is 1. The second-order valence-corrected chi connectivity index (χ2v) is 8.76. The van der Waals surface area contributed by atoms with E-state index in [4.69, 9.17) is 14.7 Å². The predicted octanol–water partition coefficient (Wildman–Crippen LogP) is 4.17. The summed E-state index contributed by atoms with van der Waals surface area (Å²) < 4.78 is 5.48. The molecule has 0 aliphatic carbocycles. The van der Waals surface area contributed by atoms with Gasteiger partial charge in [-0.15, -0.1) is 0 Å². The highest BCUT2D eigenvalue weighted by molar-refractivity contribution is 5.92. The number of para-hydroxylation sites is 1. The number of ether oxygens (including phenoxy) is 1. The second-order valence-electron chi connectivity index (χ2n) is 8.76. The molecule has 2 aliphatic rings. The monoisotopic (exact) mass is 438 g/mol. The first-order valence-corrected chi connectivity index (χ1v) is 11.3. The lowest BCUT2D eigenvalue weighted by atomic mass is 10.1. The van der Waals surface area contributed by atoms with Crippen LogP contribution in [0.5, 0.6) is 5.75 Å². The Bertz CT molecular complexity index is 1160. The van der Waals surface area contributed by atoms with Gasteiger partial charge in [-0.05, 0) is 61.9 Å². The lowest BCUT2D eigenvalue weighted by Crippen LogP contribution is -2.37. The highest BCUT2D eigenvalue weighted by atomic mass is 16.5. The molecular formula is C25H34N4O3. The van der Waals surface area contributed by atoms with E-state index in [1.165, 1.54) is 0 Å². The summed E-state index contributed by atoms with van der Waals surface area (Å²) in [6.07, 6.45) is 2.45. The van der Waals surface area contributed by atoms with Gasteiger partial charge in [-0.25, -0.2) is 9.97 Å². The molecule has 0 bridgehead atoms. The number of hydrogen-bond acceptors (Lipinski definition) is 6. The van der Waals surface area contributed by atoms with Crippen LogP contribution in [-0.4, -0.2) is 53.3 Å². The molecule has 2 fully saturated rings. The summed E-state index contributed by atoms with van der Waals surface area (Å²) in [6, 6.07) is 13.4. The average Bonchev–Trinajstić information content (AvgIpc) is 3.49. The molecule has 1 aromatic heterocycles. The van der Waals surface area contributed by atoms with Gasteiger partial charge in [-0.3, -0.25) is 4.79 Å². The number of amides is 1. The third-order valence-electron chi connectivity index (χ3n) is 6.35. The van der Waals surface area contributed by atoms with E-state index in [0.29, 0.717) is 30.5 Å². The number of nitrogens with one attached hydrogen (secondary N) is 1. The van der Waals surface area contributed by atoms with Crippen LogP contribution >= 0.6 is 0 Å². The van der Waals surface area contributed by atoms with Gasteiger partial charge in [0.05, 0.1) is 11.1 Å². The number of hydrogen-bond donors (Lipinski definition) is 2. The summed E-state index contributed by atoms with van der Waals surface area (Å²) in [5.74, 6) is 1.92. The van der Waals surface area contributed by atoms with E-state index in [2.05, 4.69) is 28.4 Å². The normalized spacial score (nSPS) is 20.7. The standard InChI is InChI=1S/C25H28N4O3.3H2/c1-16-8-9-18-20(13-16)27-23(19-5-2-3-6-21(19)30)28-24(18)29-11-10-17(15-29)14-26-25(31)22-7-4-12-32-22;;;/h2-3,5-6,8-9,13,17,22,30H,4,7,10-12,14-15H2,1H3,(H,26,31);3*1H/t17-,22+;;;/m0.../s1. The molecule has 7 heteroatoms. The smallest absolute Gasteiger partial charge is 0.249 e. The Kier molecular flexibility index (Phi) is 5.66. The summed E-state index contributed by atoms with van der Waals surface area (Å²) in [5.41, 5.74) is 2.61. The summed E-state index contributed by atoms with van der Waals surface area (Å²) in [6.45, 7) is 5.04. The molecule has 32 heavy (non-hydrogen) atoms. The fourth-order valence-electron chi connectivity index (χ4n) is 4.58. The van der Waals surface area contributed by atoms with Crippen LogP contribution in [0, 0.1) is 12.8 Å². The molecule has 7 nitrogen and oxygen atoms in total. The Morgan fingerprint density at radius 1 is 1.25 bits per heavy atom. The molecule has 3 aromatic rings. The number of benzene rings is 2. The molecule has 0 saturated carbocycles. The Labute approximate surface area is 191 Å². The Morgan fingerprint density at radius 3 is 2.94 bits per heavy atom. The number of phenolic OH excluding ortho intramolecular Hbond substituents is 1. The van der Waals surface area contributed by atoms with Crippen molar-refractivity contribution in [1.82, 2.24) is 15.3 Å². The zero-order chi connectivity index (χ0) is 22.1. The van der Waals surface area contributed by atoms with Crippen LogP contribution in [-0.2, 0) is 9.53 Å². The van der Waals surface area contributed by atoms with Gasteiger partial charge in [0.2, 0.25) is 5.91 Å². The molecular weight excluding hydrogens is 404 g/mol. The van der Waals surface area contributed by atoms with E-state index < -0.39 is 0 Å². The maximum Gasteiger partial charge on any atom is 0.249 e. The minimum atomic E-state index is -0.289. The molecule has 2 aromatic carbocycles. The largest absolute Gasteiger partial charge is 0.507 e. The van der Waals surface area contributed by atoms with Gasteiger partial charge in [0.1, 0.15) is 17.7 Å². The lowest BCUT2D eigenvalue weighted by Gasteiger charge is -2.21. The topological polar surface area (TPSA) is 87.6 Å². The lowest BCUT2D eigenvalue weighted by molar-refractivity contribution is -0.130. The molecule has 2 aliphatic heterocycles. The fourth-order valence-corrected chi connectivity index (χ4v) is 4.58. The van der Waals surface area contributed by atoms with E-state index in [9.17, 15) is 9.90 Å². The molecule has 2 saturated heterocycles. The molecule has 3 heterocycles. The highest BCUT2D eigenvalue weighted by Crippen LogP contribution is 2.33. The van der Waals surface area contributed by atoms with Crippen LogP contribution in [0.15, 0.2) is 42.5 Å². The van der Waals surface area contributed by atoms with E-state index in [1.807, 2.05) is 19.1 Å². The summed E-state index contributed by atoms with van der Waals surface area (Å²) in [7, 11) is 0. The predicted molar refractivity (Wildman–Crippen MR) is 130 cm³/mol. The van der Waals surface area contributed by atoms with Gasteiger partial charge in [-0.2, -0.15) is 0 Å². The quantitative estimate of drug-likeness (QED) is 0.622. The number of rotatable bonds is 5. The minimum Gasteiger partial charge on any atom is -0.507 e. The number of anilines is 1. The van der Waals surface area contributed by atoms with Gasteiger partial charge in [0, 0.05) is 35.9 Å². The van der Waals surface area contributed by atoms with Gasteiger partial charge in [0.15, 0.2) is 5.82 Å². The molecule has 172 valence electrons. The van der Waals surface area contributed by atoms with Crippen molar-refractivity contribution in [3.63, 3.8) is 0 Å². The van der Waals surface area contributed by atoms with E-state index >= 15 is 0 Å². The van der Waals surface area contributed by atoms with Crippen molar-refractivity contribution >= 4 is 22.6 Å². The molecule has 1 amide bonds. The van der Waals surface area contributed by atoms with Gasteiger partial charge in [-0.1, -0.05) is 18.2 Å². The highest BCUT2D eigenvalue weighted by Gasteiger charge is 2.28. The zero-order valence-electron chi connectivity index (χ0n) is 18.3. The molecule has 2 N–H and O–H groups in total.